The van der Waals surface area contributed by atoms with Crippen LogP contribution in [0.5, 0.6) is 0 Å². The van der Waals surface area contributed by atoms with Crippen molar-refractivity contribution in [1.82, 2.24) is 0 Å². The molecule has 0 heterocycles. The number of hydrogen-bond acceptors (Lipinski definition) is 1. The molecule has 0 N–H and O–H groups in total. The van der Waals surface area contributed by atoms with E-state index in [0.717, 1.165) is 12.8 Å². The van der Waals surface area contributed by atoms with E-state index in [1.807, 2.05) is 0 Å². The Morgan fingerprint density at radius 3 is 2.20 bits per heavy atom. The van der Waals surface area contributed by atoms with Crippen LogP contribution in [-0.2, 0) is 4.79 Å². The summed E-state index contributed by atoms with van der Waals surface area (Å²) in [5, 5.41) is 0. The molecule has 1 saturated carbocycles. The Morgan fingerprint density at radius 2 is 1.73 bits per heavy atom. The van der Waals surface area contributed by atoms with Crippen molar-refractivity contribution < 1.29 is 4.79 Å². The lowest BCUT2D eigenvalue weighted by molar-refractivity contribution is -0.119. The number of hydrogen-bond donors (Lipinski definition) is 0. The van der Waals surface area contributed by atoms with Gasteiger partial charge >= 0.3 is 0 Å². The summed E-state index contributed by atoms with van der Waals surface area (Å²) in [6.07, 6.45) is 10.7. The summed E-state index contributed by atoms with van der Waals surface area (Å²) in [6, 6.07) is 0. The number of allylic oxidation sites excluding steroid dienone is 2. The average molecular weight is 208 g/mol. The Hall–Kier alpha value is -0.590. The third-order valence-corrected chi connectivity index (χ3v) is 3.48. The van der Waals surface area contributed by atoms with Crippen LogP contribution in [0.1, 0.15) is 65.7 Å². The molecule has 0 bridgehead atoms. The summed E-state index contributed by atoms with van der Waals surface area (Å²) in [7, 11) is 0. The van der Waals surface area contributed by atoms with Gasteiger partial charge in [-0.05, 0) is 45.4 Å². The maximum Gasteiger partial charge on any atom is 0.130 e. The minimum atomic E-state index is 0.307. The third kappa shape index (κ3) is 4.19. The highest BCUT2D eigenvalue weighted by molar-refractivity contribution is 5.76. The highest BCUT2D eigenvalue weighted by atomic mass is 16.1. The van der Waals surface area contributed by atoms with E-state index in [4.69, 9.17) is 0 Å². The third-order valence-electron chi connectivity index (χ3n) is 3.48. The average Bonchev–Trinajstić information content (AvgIpc) is 2.15. The van der Waals surface area contributed by atoms with Crippen molar-refractivity contribution >= 4 is 5.78 Å². The van der Waals surface area contributed by atoms with E-state index >= 15 is 0 Å². The summed E-state index contributed by atoms with van der Waals surface area (Å²) in [5.41, 5.74) is 1.69. The van der Waals surface area contributed by atoms with Crippen molar-refractivity contribution in [3.8, 4) is 0 Å². The zero-order valence-electron chi connectivity index (χ0n) is 10.4. The largest absolute Gasteiger partial charge is 0.300 e. The molecule has 86 valence electrons. The van der Waals surface area contributed by atoms with Crippen molar-refractivity contribution in [2.24, 2.45) is 5.41 Å². The molecule has 1 rings (SSSR count). The van der Waals surface area contributed by atoms with Crippen molar-refractivity contribution in [2.45, 2.75) is 65.7 Å². The zero-order valence-corrected chi connectivity index (χ0v) is 10.4. The van der Waals surface area contributed by atoms with Crippen LogP contribution in [0.25, 0.3) is 0 Å². The second kappa shape index (κ2) is 5.48. The molecule has 0 amide bonds. The van der Waals surface area contributed by atoms with Gasteiger partial charge in [0.25, 0.3) is 0 Å². The van der Waals surface area contributed by atoms with E-state index in [9.17, 15) is 4.79 Å². The van der Waals surface area contributed by atoms with Crippen LogP contribution in [0.3, 0.4) is 0 Å². The zero-order chi connectivity index (χ0) is 11.3. The molecular formula is C14H24O. The summed E-state index contributed by atoms with van der Waals surface area (Å²) in [6.45, 7) is 6.02. The highest BCUT2D eigenvalue weighted by Gasteiger charge is 2.31. The highest BCUT2D eigenvalue weighted by Crippen LogP contribution is 2.42. The fourth-order valence-electron chi connectivity index (χ4n) is 2.70. The topological polar surface area (TPSA) is 17.1 Å². The molecule has 0 spiro atoms. The number of carbonyl (C=O) groups is 1. The van der Waals surface area contributed by atoms with Crippen molar-refractivity contribution in [3.05, 3.63) is 11.6 Å². The number of carbonyl (C=O) groups excluding carboxylic acids is 1. The molecule has 0 aromatic heterocycles. The summed E-state index contributed by atoms with van der Waals surface area (Å²) < 4.78 is 0. The first-order valence-corrected chi connectivity index (χ1v) is 6.17. The van der Waals surface area contributed by atoms with E-state index in [0.29, 0.717) is 11.2 Å². The van der Waals surface area contributed by atoms with Gasteiger partial charge in [0, 0.05) is 6.42 Å². The fraction of sp³-hybridized carbons (Fsp3) is 0.786. The maximum absolute atomic E-state index is 11.3. The van der Waals surface area contributed by atoms with Crippen molar-refractivity contribution in [1.29, 1.82) is 0 Å². The van der Waals surface area contributed by atoms with Gasteiger partial charge in [0.2, 0.25) is 0 Å². The van der Waals surface area contributed by atoms with Crippen LogP contribution in [0.15, 0.2) is 11.6 Å². The van der Waals surface area contributed by atoms with Crippen LogP contribution >= 0.6 is 0 Å². The van der Waals surface area contributed by atoms with Gasteiger partial charge in [-0.3, -0.25) is 0 Å². The first-order valence-electron chi connectivity index (χ1n) is 6.17. The molecule has 1 nitrogen and oxygen atoms in total. The molecule has 1 heteroatoms. The monoisotopic (exact) mass is 208 g/mol. The second-order valence-corrected chi connectivity index (χ2v) is 5.43. The lowest BCUT2D eigenvalue weighted by atomic mass is 9.69. The molecule has 0 aromatic rings. The van der Waals surface area contributed by atoms with Crippen LogP contribution < -0.4 is 0 Å². The second-order valence-electron chi connectivity index (χ2n) is 5.43. The fourth-order valence-corrected chi connectivity index (χ4v) is 2.70. The molecule has 0 unspecified atom stereocenters. The predicted molar refractivity (Wildman–Crippen MR) is 64.9 cm³/mol. The molecule has 0 saturated heterocycles. The van der Waals surface area contributed by atoms with Crippen LogP contribution in [0.4, 0.5) is 0 Å². The first-order chi connectivity index (χ1) is 7.04. The van der Waals surface area contributed by atoms with Gasteiger partial charge in [-0.15, -0.1) is 0 Å². The van der Waals surface area contributed by atoms with Gasteiger partial charge in [-0.1, -0.05) is 30.9 Å². The Morgan fingerprint density at radius 1 is 1.13 bits per heavy atom. The summed E-state index contributed by atoms with van der Waals surface area (Å²) in [5.74, 6) is 0.360. The minimum Gasteiger partial charge on any atom is -0.300 e. The Kier molecular flexibility index (Phi) is 4.56. The molecule has 1 aliphatic carbocycles. The molecular weight excluding hydrogens is 184 g/mol. The standard InChI is InChI=1S/C14H24O/c1-12(2)7-10-14(11-13(3)15)8-5-4-6-9-14/h7H,4-6,8-11H2,1-3H3. The Labute approximate surface area is 93.9 Å². The normalized spacial score (nSPS) is 19.7. The van der Waals surface area contributed by atoms with E-state index in [2.05, 4.69) is 19.9 Å². The smallest absolute Gasteiger partial charge is 0.130 e. The number of ketones is 1. The molecule has 0 atom stereocenters. The van der Waals surface area contributed by atoms with Gasteiger partial charge < -0.3 is 4.79 Å². The Bertz CT molecular complexity index is 240. The van der Waals surface area contributed by atoms with Gasteiger partial charge in [0.05, 0.1) is 0 Å². The molecule has 0 aliphatic heterocycles. The van der Waals surface area contributed by atoms with E-state index in [1.54, 1.807) is 6.92 Å². The molecule has 1 fully saturated rings. The maximum atomic E-state index is 11.3. The SMILES string of the molecule is CC(=O)CC1(CC=C(C)C)CCCCC1. The van der Waals surface area contributed by atoms with Gasteiger partial charge in [0.15, 0.2) is 0 Å². The molecule has 1 aliphatic rings. The van der Waals surface area contributed by atoms with E-state index < -0.39 is 0 Å². The quantitative estimate of drug-likeness (QED) is 0.630. The van der Waals surface area contributed by atoms with Crippen LogP contribution in [0, 0.1) is 5.41 Å². The van der Waals surface area contributed by atoms with Gasteiger partial charge in [0.1, 0.15) is 5.78 Å². The first kappa shape index (κ1) is 12.5. The van der Waals surface area contributed by atoms with Crippen LogP contribution in [-0.4, -0.2) is 5.78 Å². The minimum absolute atomic E-state index is 0.307. The Balaban J connectivity index is 2.66. The summed E-state index contributed by atoms with van der Waals surface area (Å²) in [4.78, 5) is 11.3. The van der Waals surface area contributed by atoms with Crippen molar-refractivity contribution in [3.63, 3.8) is 0 Å². The van der Waals surface area contributed by atoms with Gasteiger partial charge in [-0.25, -0.2) is 0 Å². The van der Waals surface area contributed by atoms with E-state index in [1.165, 1.54) is 37.7 Å². The molecule has 0 aromatic carbocycles. The number of Topliss-reactive ketones (excluding diaryl/α,β-unsaturated/α-hetero) is 1. The number of rotatable bonds is 4. The van der Waals surface area contributed by atoms with E-state index in [-0.39, 0.29) is 0 Å². The lowest BCUT2D eigenvalue weighted by Gasteiger charge is -2.36. The lowest BCUT2D eigenvalue weighted by Crippen LogP contribution is -2.26. The van der Waals surface area contributed by atoms with Crippen LogP contribution in [0.2, 0.25) is 0 Å². The summed E-state index contributed by atoms with van der Waals surface area (Å²) >= 11 is 0. The van der Waals surface area contributed by atoms with Crippen molar-refractivity contribution in [2.75, 3.05) is 0 Å². The van der Waals surface area contributed by atoms with Gasteiger partial charge in [-0.2, -0.15) is 0 Å². The predicted octanol–water partition coefficient (Wildman–Crippen LogP) is 4.27. The molecule has 0 radical (unpaired) electrons. The molecule has 15 heavy (non-hydrogen) atoms.